The topological polar surface area (TPSA) is 148 Å². The Bertz CT molecular complexity index is 511. The standard InChI is InChI=1S/C14H25N3O6/c1-7(2)11(20)17-14(15,6-10(18)19)13(22)16-9(5)12(21)23-8(3)4/h7-9H,6,15H2,1-5H3,(H,16,22)(H,17,20)(H,18,19)/t9-,14-/m0/s1/i/hD. The van der Waals surface area contributed by atoms with Gasteiger partial charge in [-0.2, -0.15) is 0 Å². The molecule has 0 saturated heterocycles. The van der Waals surface area contributed by atoms with Gasteiger partial charge in [0.05, 0.1) is 12.5 Å². The second-order valence-electron chi connectivity index (χ2n) is 5.78. The summed E-state index contributed by atoms with van der Waals surface area (Å²) >= 11 is 0. The summed E-state index contributed by atoms with van der Waals surface area (Å²) < 4.78 is 12.7. The van der Waals surface area contributed by atoms with Crippen LogP contribution in [0.3, 0.4) is 0 Å². The summed E-state index contributed by atoms with van der Waals surface area (Å²) in [5, 5.41) is 11.3. The highest BCUT2D eigenvalue weighted by Gasteiger charge is 2.40. The van der Waals surface area contributed by atoms with Crippen LogP contribution in [0, 0.1) is 5.92 Å². The number of nitrogens with two attached hydrogens (primary N) is 1. The molecule has 0 radical (unpaired) electrons. The van der Waals surface area contributed by atoms with Crippen LogP contribution in [-0.4, -0.2) is 46.7 Å². The Morgan fingerprint density at radius 2 is 1.74 bits per heavy atom. The second kappa shape index (κ2) is 8.47. The maximum atomic E-state index is 12.3. The number of esters is 1. The first-order valence-electron chi connectivity index (χ1n) is 7.62. The molecule has 0 fully saturated rings. The van der Waals surface area contributed by atoms with Gasteiger partial charge in [0.15, 0.2) is 7.07 Å². The van der Waals surface area contributed by atoms with Crippen molar-refractivity contribution in [1.82, 2.24) is 10.6 Å². The number of amides is 2. The summed E-state index contributed by atoms with van der Waals surface area (Å²) in [7, 11) is 0. The Balaban J connectivity index is 5.37. The summed E-state index contributed by atoms with van der Waals surface area (Å²) in [4.78, 5) is 47.0. The molecule has 0 bridgehead atoms. The molecule has 132 valence electrons. The quantitative estimate of drug-likeness (QED) is 0.341. The molecule has 2 atom stereocenters. The maximum Gasteiger partial charge on any atom is 0.328 e. The Morgan fingerprint density at radius 3 is 2.13 bits per heavy atom. The van der Waals surface area contributed by atoms with E-state index in [0.717, 1.165) is 0 Å². The van der Waals surface area contributed by atoms with E-state index in [4.69, 9.17) is 17.0 Å². The number of carboxylic acids is 1. The number of rotatable bonds is 8. The summed E-state index contributed by atoms with van der Waals surface area (Å²) in [6.07, 6.45) is -1.40. The van der Waals surface area contributed by atoms with Crippen LogP contribution < -0.4 is 16.4 Å². The fourth-order valence-electron chi connectivity index (χ4n) is 1.44. The van der Waals surface area contributed by atoms with E-state index in [1.807, 2.05) is 0 Å². The van der Waals surface area contributed by atoms with Gasteiger partial charge in [-0.25, -0.2) is 4.79 Å². The number of carbonyl (C=O) groups is 4. The fourth-order valence-corrected chi connectivity index (χ4v) is 1.44. The molecular formula is C14H25N3O6. The van der Waals surface area contributed by atoms with Crippen molar-refractivity contribution in [3.63, 3.8) is 0 Å². The molecule has 0 heterocycles. The lowest BCUT2D eigenvalue weighted by Gasteiger charge is -2.29. The van der Waals surface area contributed by atoms with Crippen LogP contribution in [0.5, 0.6) is 0 Å². The van der Waals surface area contributed by atoms with Gasteiger partial charge in [-0.3, -0.25) is 14.4 Å². The molecule has 23 heavy (non-hydrogen) atoms. The first kappa shape index (κ1) is 18.9. The van der Waals surface area contributed by atoms with Crippen molar-refractivity contribution < 1.29 is 30.4 Å². The van der Waals surface area contributed by atoms with Gasteiger partial charge in [-0.1, -0.05) is 13.8 Å². The van der Waals surface area contributed by atoms with Gasteiger partial charge in [-0.05, 0) is 20.8 Å². The zero-order chi connectivity index (χ0) is 19.2. The zero-order valence-electron chi connectivity index (χ0n) is 15.0. The van der Waals surface area contributed by atoms with E-state index in [2.05, 4.69) is 5.32 Å². The van der Waals surface area contributed by atoms with E-state index >= 15 is 0 Å². The van der Waals surface area contributed by atoms with Gasteiger partial charge in [-0.15, -0.1) is 0 Å². The van der Waals surface area contributed by atoms with Crippen molar-refractivity contribution >= 4 is 23.8 Å². The van der Waals surface area contributed by atoms with Gasteiger partial charge < -0.3 is 26.2 Å². The van der Waals surface area contributed by atoms with Gasteiger partial charge >= 0.3 is 11.9 Å². The normalized spacial score (nSPS) is 15.4. The second-order valence-corrected chi connectivity index (χ2v) is 5.78. The minimum Gasteiger partial charge on any atom is -0.481 e. The molecule has 0 aromatic heterocycles. The van der Waals surface area contributed by atoms with Crippen molar-refractivity contribution in [2.24, 2.45) is 11.7 Å². The molecule has 0 saturated carbocycles. The molecule has 2 amide bonds. The third-order valence-electron chi connectivity index (χ3n) is 2.67. The van der Waals surface area contributed by atoms with Crippen molar-refractivity contribution in [3.8, 4) is 0 Å². The molecule has 0 aromatic carbocycles. The predicted octanol–water partition coefficient (Wildman–Crippen LogP) is -0.655. The molecule has 0 aliphatic rings. The fraction of sp³-hybridized carbons (Fsp3) is 0.714. The number of aliphatic carboxylic acids is 1. The van der Waals surface area contributed by atoms with E-state index in [0.29, 0.717) is 0 Å². The highest BCUT2D eigenvalue weighted by molar-refractivity contribution is 5.96. The summed E-state index contributed by atoms with van der Waals surface area (Å²) in [5.74, 6) is -4.86. The molecule has 9 nitrogen and oxygen atoms in total. The third kappa shape index (κ3) is 7.09. The molecule has 0 unspecified atom stereocenters. The maximum absolute atomic E-state index is 12.3. The Labute approximate surface area is 136 Å². The number of hydrogen-bond donors (Lipinski definition) is 4. The van der Waals surface area contributed by atoms with E-state index in [-0.39, 0.29) is 5.31 Å². The van der Waals surface area contributed by atoms with Crippen LogP contribution in [-0.2, 0) is 23.9 Å². The average molecular weight is 332 g/mol. The molecular weight excluding hydrogens is 306 g/mol. The van der Waals surface area contributed by atoms with E-state index < -0.39 is 53.9 Å². The molecule has 0 aromatic rings. The van der Waals surface area contributed by atoms with Crippen molar-refractivity contribution in [1.29, 1.82) is 0 Å². The van der Waals surface area contributed by atoms with Crippen molar-refractivity contribution in [2.45, 2.75) is 58.8 Å². The average Bonchev–Trinajstić information content (AvgIpc) is 2.43. The number of carboxylic acid groups (broad SMARTS) is 1. The SMILES string of the molecule is [2H]N(C(=O)C(C)C)[C@@](N)(CC(=O)O)C(=O)N[C@@H](C)C(=O)OC(C)C. The Morgan fingerprint density at radius 1 is 1.22 bits per heavy atom. The lowest BCUT2D eigenvalue weighted by molar-refractivity contribution is -0.152. The third-order valence-corrected chi connectivity index (χ3v) is 2.67. The Kier molecular flexibility index (Phi) is 6.95. The summed E-state index contributed by atoms with van der Waals surface area (Å²) in [5.41, 5.74) is 3.29. The van der Waals surface area contributed by atoms with Crippen LogP contribution in [0.4, 0.5) is 0 Å². The lowest BCUT2D eigenvalue weighted by Crippen LogP contribution is -2.67. The van der Waals surface area contributed by atoms with Gasteiger partial charge in [0.25, 0.3) is 5.91 Å². The molecule has 0 aliphatic carbocycles. The molecule has 0 spiro atoms. The van der Waals surface area contributed by atoms with Crippen LogP contribution in [0.15, 0.2) is 0 Å². The van der Waals surface area contributed by atoms with E-state index in [1.54, 1.807) is 13.8 Å². The number of nitrogens with one attached hydrogen (secondary N) is 2. The minimum absolute atomic E-state index is 0.140. The van der Waals surface area contributed by atoms with Crippen LogP contribution in [0.25, 0.3) is 0 Å². The van der Waals surface area contributed by atoms with Gasteiger partial charge in [0.2, 0.25) is 5.91 Å². The largest absolute Gasteiger partial charge is 0.481 e. The van der Waals surface area contributed by atoms with E-state index in [1.165, 1.54) is 20.8 Å². The lowest BCUT2D eigenvalue weighted by atomic mass is 10.0. The molecule has 5 N–H and O–H groups in total. The summed E-state index contributed by atoms with van der Waals surface area (Å²) in [6, 6.07) is -1.13. The smallest absolute Gasteiger partial charge is 0.328 e. The van der Waals surface area contributed by atoms with Crippen LogP contribution in [0.1, 0.15) is 41.0 Å². The first-order chi connectivity index (χ1) is 10.8. The number of ether oxygens (including phenoxy) is 1. The minimum atomic E-state index is -2.46. The first-order valence-corrected chi connectivity index (χ1v) is 7.18. The molecule has 0 aliphatic heterocycles. The van der Waals surface area contributed by atoms with E-state index in [9.17, 15) is 19.2 Å². The van der Waals surface area contributed by atoms with Crippen LogP contribution in [0.2, 0.25) is 1.41 Å². The number of hydrogen-bond acceptors (Lipinski definition) is 6. The molecule has 0 rings (SSSR count). The molecule has 9 heteroatoms. The summed E-state index contributed by atoms with van der Waals surface area (Å²) in [6.45, 7) is 7.52. The number of carbonyl (C=O) groups excluding carboxylic acids is 3. The van der Waals surface area contributed by atoms with Gasteiger partial charge in [0.1, 0.15) is 6.04 Å². The van der Waals surface area contributed by atoms with Crippen LogP contribution >= 0.6 is 0 Å². The highest BCUT2D eigenvalue weighted by atomic mass is 16.5. The van der Waals surface area contributed by atoms with Crippen molar-refractivity contribution in [3.05, 3.63) is 0 Å². The zero-order valence-corrected chi connectivity index (χ0v) is 14.0. The predicted molar refractivity (Wildman–Crippen MR) is 81.0 cm³/mol. The van der Waals surface area contributed by atoms with Gasteiger partial charge in [0, 0.05) is 5.92 Å². The highest BCUT2D eigenvalue weighted by Crippen LogP contribution is 2.07. The Hall–Kier alpha value is -2.16. The van der Waals surface area contributed by atoms with Crippen molar-refractivity contribution in [2.75, 3.05) is 0 Å². The monoisotopic (exact) mass is 332 g/mol.